The third-order valence-corrected chi connectivity index (χ3v) is 7.24. The minimum absolute atomic E-state index is 0.145. The average molecular weight is 492 g/mol. The summed E-state index contributed by atoms with van der Waals surface area (Å²) in [5, 5.41) is 9.55. The second-order valence-corrected chi connectivity index (χ2v) is 9.20. The number of carbonyl (C=O) groups excluding carboxylic acids is 1. The molecule has 11 heteroatoms. The van der Waals surface area contributed by atoms with E-state index in [0.717, 1.165) is 17.9 Å². The van der Waals surface area contributed by atoms with E-state index in [-0.39, 0.29) is 30.0 Å². The quantitative estimate of drug-likeness (QED) is 0.383. The Morgan fingerprint density at radius 1 is 1.17 bits per heavy atom. The molecule has 5 rings (SSSR count). The Balaban J connectivity index is 1.51. The fourth-order valence-electron chi connectivity index (χ4n) is 5.65. The first-order valence-corrected chi connectivity index (χ1v) is 11.1. The lowest BCUT2D eigenvalue weighted by molar-refractivity contribution is -0.146. The van der Waals surface area contributed by atoms with Crippen LogP contribution in [0.15, 0.2) is 36.4 Å². The van der Waals surface area contributed by atoms with Crippen molar-refractivity contribution in [3.8, 4) is 5.69 Å². The number of nitrogens with zero attached hydrogens (tertiary/aromatic N) is 4. The average Bonchev–Trinajstić information content (AvgIpc) is 3.55. The highest BCUT2D eigenvalue weighted by molar-refractivity contribution is 5.58. The maximum atomic E-state index is 14.9. The molecule has 4 unspecified atom stereocenters. The Hall–Kier alpha value is -3.21. The van der Waals surface area contributed by atoms with Gasteiger partial charge in [0, 0.05) is 17.8 Å². The molecule has 0 bridgehead atoms. The predicted molar refractivity (Wildman–Crippen MR) is 113 cm³/mol. The standard InChI is InChI=1S/C24H21F5N4O2/c1-13-19(8-18(9-20(13)26)33-22(24(27,28)29)30-31-32-33)16-10-23(35-12-16)7-6-15(11-34)21(23)14-2-4-17(25)5-3-14/h2-5,8-9,11,15-16,21H,6-7,10,12H2,1H3. The molecule has 0 amide bonds. The topological polar surface area (TPSA) is 69.9 Å². The first-order valence-electron chi connectivity index (χ1n) is 11.1. The van der Waals surface area contributed by atoms with Gasteiger partial charge in [-0.2, -0.15) is 17.9 Å². The van der Waals surface area contributed by atoms with E-state index in [0.29, 0.717) is 35.1 Å². The molecular weight excluding hydrogens is 471 g/mol. The Morgan fingerprint density at radius 3 is 2.60 bits per heavy atom. The van der Waals surface area contributed by atoms with E-state index in [4.69, 9.17) is 4.74 Å². The van der Waals surface area contributed by atoms with Crippen molar-refractivity contribution in [3.05, 3.63) is 70.5 Å². The molecule has 2 heterocycles. The predicted octanol–water partition coefficient (Wildman–Crippen LogP) is 4.90. The number of aldehydes is 1. The molecule has 1 spiro atoms. The summed E-state index contributed by atoms with van der Waals surface area (Å²) in [6.07, 6.45) is -2.32. The van der Waals surface area contributed by atoms with Crippen LogP contribution >= 0.6 is 0 Å². The van der Waals surface area contributed by atoms with Crippen molar-refractivity contribution >= 4 is 6.29 Å². The molecular formula is C24H21F5N4O2. The van der Waals surface area contributed by atoms with Gasteiger partial charge in [0.1, 0.15) is 17.9 Å². The molecule has 1 saturated carbocycles. The van der Waals surface area contributed by atoms with Crippen LogP contribution in [0.4, 0.5) is 22.0 Å². The van der Waals surface area contributed by atoms with Crippen molar-refractivity contribution in [1.29, 1.82) is 0 Å². The third kappa shape index (κ3) is 4.01. The molecule has 2 fully saturated rings. The minimum Gasteiger partial charge on any atom is -0.374 e. The third-order valence-electron chi connectivity index (χ3n) is 7.24. The van der Waals surface area contributed by atoms with E-state index in [1.165, 1.54) is 18.2 Å². The summed E-state index contributed by atoms with van der Waals surface area (Å²) < 4.78 is 75.1. The molecule has 0 N–H and O–H groups in total. The molecule has 184 valence electrons. The van der Waals surface area contributed by atoms with Gasteiger partial charge in [-0.1, -0.05) is 12.1 Å². The molecule has 3 aromatic rings. The number of tetrazole rings is 1. The van der Waals surface area contributed by atoms with Gasteiger partial charge in [0.05, 0.1) is 17.9 Å². The van der Waals surface area contributed by atoms with Gasteiger partial charge in [-0.15, -0.1) is 5.10 Å². The first-order chi connectivity index (χ1) is 16.6. The first kappa shape index (κ1) is 23.5. The lowest BCUT2D eigenvalue weighted by Gasteiger charge is -2.32. The van der Waals surface area contributed by atoms with Crippen LogP contribution in [0.1, 0.15) is 53.6 Å². The molecule has 0 radical (unpaired) electrons. The molecule has 35 heavy (non-hydrogen) atoms. The molecule has 2 aromatic carbocycles. The molecule has 4 atom stereocenters. The van der Waals surface area contributed by atoms with Gasteiger partial charge in [-0.3, -0.25) is 0 Å². The van der Waals surface area contributed by atoms with Crippen molar-refractivity contribution in [1.82, 2.24) is 20.2 Å². The summed E-state index contributed by atoms with van der Waals surface area (Å²) in [7, 11) is 0. The zero-order valence-corrected chi connectivity index (χ0v) is 18.6. The van der Waals surface area contributed by atoms with E-state index >= 15 is 0 Å². The Kier molecular flexibility index (Phi) is 5.70. The highest BCUT2D eigenvalue weighted by Crippen LogP contribution is 2.56. The second-order valence-electron chi connectivity index (χ2n) is 9.20. The van der Waals surface area contributed by atoms with Gasteiger partial charge in [0.25, 0.3) is 5.82 Å². The van der Waals surface area contributed by atoms with Gasteiger partial charge < -0.3 is 9.53 Å². The molecule has 1 aromatic heterocycles. The van der Waals surface area contributed by atoms with Crippen LogP contribution in [0, 0.1) is 24.5 Å². The highest BCUT2D eigenvalue weighted by atomic mass is 19.4. The van der Waals surface area contributed by atoms with Crippen LogP contribution in [0.25, 0.3) is 5.69 Å². The van der Waals surface area contributed by atoms with Gasteiger partial charge in [0.2, 0.25) is 0 Å². The van der Waals surface area contributed by atoms with Crippen molar-refractivity contribution in [2.24, 2.45) is 5.92 Å². The summed E-state index contributed by atoms with van der Waals surface area (Å²) in [5.74, 6) is -3.39. The van der Waals surface area contributed by atoms with Gasteiger partial charge in [-0.05, 0) is 77.6 Å². The number of benzene rings is 2. The smallest absolute Gasteiger partial charge is 0.374 e. The number of alkyl halides is 3. The van der Waals surface area contributed by atoms with Gasteiger partial charge in [0.15, 0.2) is 0 Å². The van der Waals surface area contributed by atoms with Crippen LogP contribution in [-0.2, 0) is 15.7 Å². The summed E-state index contributed by atoms with van der Waals surface area (Å²) in [6.45, 7) is 1.76. The largest absolute Gasteiger partial charge is 0.453 e. The minimum atomic E-state index is -4.82. The fourth-order valence-corrected chi connectivity index (χ4v) is 5.65. The van der Waals surface area contributed by atoms with Crippen molar-refractivity contribution < 1.29 is 31.5 Å². The lowest BCUT2D eigenvalue weighted by Crippen LogP contribution is -2.33. The van der Waals surface area contributed by atoms with E-state index < -0.39 is 29.2 Å². The summed E-state index contributed by atoms with van der Waals surface area (Å²) in [4.78, 5) is 11.8. The Bertz CT molecular complexity index is 1260. The van der Waals surface area contributed by atoms with Crippen LogP contribution in [0.5, 0.6) is 0 Å². The van der Waals surface area contributed by atoms with Crippen molar-refractivity contribution in [2.45, 2.75) is 49.8 Å². The van der Waals surface area contributed by atoms with Crippen LogP contribution < -0.4 is 0 Å². The SMILES string of the molecule is Cc1c(F)cc(-n2nnnc2C(F)(F)F)cc1C1COC2(CCC(C=O)C2c2ccc(F)cc2)C1. The van der Waals surface area contributed by atoms with Gasteiger partial charge in [-0.25, -0.2) is 8.78 Å². The zero-order valence-electron chi connectivity index (χ0n) is 18.6. The molecule has 1 saturated heterocycles. The summed E-state index contributed by atoms with van der Waals surface area (Å²) >= 11 is 0. The number of rotatable bonds is 4. The summed E-state index contributed by atoms with van der Waals surface area (Å²) in [6, 6.07) is 8.38. The van der Waals surface area contributed by atoms with Crippen LogP contribution in [0.3, 0.4) is 0 Å². The van der Waals surface area contributed by atoms with E-state index in [2.05, 4.69) is 15.5 Å². The van der Waals surface area contributed by atoms with E-state index in [1.54, 1.807) is 19.1 Å². The normalized spacial score (nSPS) is 26.5. The number of hydrogen-bond donors (Lipinski definition) is 0. The number of aromatic nitrogens is 4. The maximum absolute atomic E-state index is 14.9. The van der Waals surface area contributed by atoms with E-state index in [9.17, 15) is 26.7 Å². The Labute approximate surface area is 197 Å². The molecule has 6 nitrogen and oxygen atoms in total. The van der Waals surface area contributed by atoms with Crippen LogP contribution in [0.2, 0.25) is 0 Å². The molecule has 1 aliphatic heterocycles. The number of ether oxygens (including phenoxy) is 1. The molecule has 2 aliphatic rings. The Morgan fingerprint density at radius 2 is 1.91 bits per heavy atom. The fraction of sp³-hybridized carbons (Fsp3) is 0.417. The van der Waals surface area contributed by atoms with Crippen LogP contribution in [-0.4, -0.2) is 38.7 Å². The number of carbonyl (C=O) groups is 1. The summed E-state index contributed by atoms with van der Waals surface area (Å²) in [5.41, 5.74) is 0.700. The number of hydrogen-bond acceptors (Lipinski definition) is 5. The van der Waals surface area contributed by atoms with Gasteiger partial charge >= 0.3 is 6.18 Å². The lowest BCUT2D eigenvalue weighted by atomic mass is 9.76. The monoisotopic (exact) mass is 492 g/mol. The maximum Gasteiger partial charge on any atom is 0.453 e. The zero-order chi connectivity index (χ0) is 25.0. The molecule has 1 aliphatic carbocycles. The second kappa shape index (κ2) is 8.47. The number of halogens is 5. The van der Waals surface area contributed by atoms with Crippen molar-refractivity contribution in [2.75, 3.05) is 6.61 Å². The highest BCUT2D eigenvalue weighted by Gasteiger charge is 2.54. The van der Waals surface area contributed by atoms with Crippen molar-refractivity contribution in [3.63, 3.8) is 0 Å². The van der Waals surface area contributed by atoms with E-state index in [1.807, 2.05) is 0 Å².